The van der Waals surface area contributed by atoms with Gasteiger partial charge in [-0.1, -0.05) is 13.3 Å². The number of pyridine rings is 1. The Balaban J connectivity index is 2.07. The first kappa shape index (κ1) is 12.8. The molecule has 18 heavy (non-hydrogen) atoms. The first-order chi connectivity index (χ1) is 8.72. The summed E-state index contributed by atoms with van der Waals surface area (Å²) in [6, 6.07) is 3.89. The molecular formula is C13H20N4O. The molecule has 0 aliphatic heterocycles. The van der Waals surface area contributed by atoms with Crippen LogP contribution < -0.4 is 5.73 Å². The highest BCUT2D eigenvalue weighted by Gasteiger charge is 2.09. The molecule has 0 saturated carbocycles. The SMILES string of the molecule is CCCCOCCn1c(N)nc2ccc(C)nc21. The molecule has 2 N–H and O–H groups in total. The molecule has 0 amide bonds. The Morgan fingerprint density at radius 3 is 2.89 bits per heavy atom. The largest absolute Gasteiger partial charge is 0.380 e. The van der Waals surface area contributed by atoms with Crippen LogP contribution in [-0.2, 0) is 11.3 Å². The van der Waals surface area contributed by atoms with Gasteiger partial charge in [0.1, 0.15) is 5.52 Å². The van der Waals surface area contributed by atoms with E-state index in [9.17, 15) is 0 Å². The molecule has 0 saturated heterocycles. The maximum Gasteiger partial charge on any atom is 0.202 e. The number of unbranched alkanes of at least 4 members (excludes halogenated alkanes) is 1. The Morgan fingerprint density at radius 2 is 2.11 bits per heavy atom. The van der Waals surface area contributed by atoms with Gasteiger partial charge in [0.15, 0.2) is 5.65 Å². The monoisotopic (exact) mass is 248 g/mol. The fourth-order valence-electron chi connectivity index (χ4n) is 1.84. The molecule has 2 aromatic heterocycles. The Morgan fingerprint density at radius 1 is 1.28 bits per heavy atom. The topological polar surface area (TPSA) is 66.0 Å². The fourth-order valence-corrected chi connectivity index (χ4v) is 1.84. The minimum Gasteiger partial charge on any atom is -0.380 e. The van der Waals surface area contributed by atoms with Gasteiger partial charge in [-0.2, -0.15) is 0 Å². The second-order valence-electron chi connectivity index (χ2n) is 4.38. The molecule has 98 valence electrons. The van der Waals surface area contributed by atoms with E-state index in [1.807, 2.05) is 23.6 Å². The van der Waals surface area contributed by atoms with Gasteiger partial charge in [0.05, 0.1) is 13.2 Å². The van der Waals surface area contributed by atoms with Crippen LogP contribution in [0.2, 0.25) is 0 Å². The number of aromatic nitrogens is 3. The summed E-state index contributed by atoms with van der Waals surface area (Å²) in [5.74, 6) is 0.502. The number of ether oxygens (including phenoxy) is 1. The predicted octanol–water partition coefficient (Wildman–Crippen LogP) is 2.14. The minimum atomic E-state index is 0.502. The molecule has 2 rings (SSSR count). The van der Waals surface area contributed by atoms with Crippen molar-refractivity contribution in [2.45, 2.75) is 33.2 Å². The lowest BCUT2D eigenvalue weighted by Gasteiger charge is -2.06. The number of hydrogen-bond donors (Lipinski definition) is 1. The average Bonchev–Trinajstić information content (AvgIpc) is 2.65. The van der Waals surface area contributed by atoms with Crippen LogP contribution in [0.3, 0.4) is 0 Å². The van der Waals surface area contributed by atoms with Gasteiger partial charge in [0, 0.05) is 12.3 Å². The number of nitrogens with zero attached hydrogens (tertiary/aromatic N) is 3. The Kier molecular flexibility index (Phi) is 4.15. The van der Waals surface area contributed by atoms with Gasteiger partial charge in [0.2, 0.25) is 5.95 Å². The predicted molar refractivity (Wildman–Crippen MR) is 72.4 cm³/mol. The third kappa shape index (κ3) is 2.79. The second kappa shape index (κ2) is 5.82. The van der Waals surface area contributed by atoms with Crippen LogP contribution in [0.25, 0.3) is 11.2 Å². The first-order valence-electron chi connectivity index (χ1n) is 6.39. The highest BCUT2D eigenvalue weighted by atomic mass is 16.5. The van der Waals surface area contributed by atoms with Gasteiger partial charge in [-0.05, 0) is 25.5 Å². The lowest BCUT2D eigenvalue weighted by molar-refractivity contribution is 0.124. The number of anilines is 1. The van der Waals surface area contributed by atoms with Gasteiger partial charge < -0.3 is 10.5 Å². The van der Waals surface area contributed by atoms with E-state index in [0.29, 0.717) is 19.1 Å². The maximum absolute atomic E-state index is 5.90. The lowest BCUT2D eigenvalue weighted by atomic mass is 10.3. The summed E-state index contributed by atoms with van der Waals surface area (Å²) in [7, 11) is 0. The van der Waals surface area contributed by atoms with Gasteiger partial charge in [-0.25, -0.2) is 9.97 Å². The highest BCUT2D eigenvalue weighted by Crippen LogP contribution is 2.15. The third-order valence-electron chi connectivity index (χ3n) is 2.86. The summed E-state index contributed by atoms with van der Waals surface area (Å²) in [5, 5.41) is 0. The summed E-state index contributed by atoms with van der Waals surface area (Å²) in [4.78, 5) is 8.77. The quantitative estimate of drug-likeness (QED) is 0.795. The van der Waals surface area contributed by atoms with E-state index in [2.05, 4.69) is 16.9 Å². The molecule has 0 atom stereocenters. The van der Waals surface area contributed by atoms with E-state index < -0.39 is 0 Å². The molecule has 0 unspecified atom stereocenters. The van der Waals surface area contributed by atoms with E-state index in [0.717, 1.165) is 36.3 Å². The van der Waals surface area contributed by atoms with Crippen molar-refractivity contribution in [3.8, 4) is 0 Å². The van der Waals surface area contributed by atoms with E-state index >= 15 is 0 Å². The summed E-state index contributed by atoms with van der Waals surface area (Å²) in [5.41, 5.74) is 8.55. The number of aryl methyl sites for hydroxylation is 1. The standard InChI is InChI=1S/C13H20N4O/c1-3-4-8-18-9-7-17-12-11(16-13(17)14)6-5-10(2)15-12/h5-6H,3-4,7-9H2,1-2H3,(H2,14,16). The summed E-state index contributed by atoms with van der Waals surface area (Å²) in [6.07, 6.45) is 2.24. The van der Waals surface area contributed by atoms with Gasteiger partial charge in [-0.15, -0.1) is 0 Å². The van der Waals surface area contributed by atoms with Crippen molar-refractivity contribution >= 4 is 17.1 Å². The molecule has 0 spiro atoms. The van der Waals surface area contributed by atoms with E-state index in [1.165, 1.54) is 0 Å². The van der Waals surface area contributed by atoms with Gasteiger partial charge in [-0.3, -0.25) is 4.57 Å². The van der Waals surface area contributed by atoms with Crippen molar-refractivity contribution in [3.05, 3.63) is 17.8 Å². The maximum atomic E-state index is 5.90. The number of fused-ring (bicyclic) bond motifs is 1. The molecule has 0 aromatic carbocycles. The van der Waals surface area contributed by atoms with Crippen LogP contribution in [0.5, 0.6) is 0 Å². The zero-order valence-corrected chi connectivity index (χ0v) is 11.0. The second-order valence-corrected chi connectivity index (χ2v) is 4.38. The fraction of sp³-hybridized carbons (Fsp3) is 0.538. The van der Waals surface area contributed by atoms with Crippen LogP contribution >= 0.6 is 0 Å². The lowest BCUT2D eigenvalue weighted by Crippen LogP contribution is -2.10. The minimum absolute atomic E-state index is 0.502. The van der Waals surface area contributed by atoms with Crippen LogP contribution in [0.4, 0.5) is 5.95 Å². The molecule has 5 heteroatoms. The Labute approximate surface area is 107 Å². The van der Waals surface area contributed by atoms with E-state index in [4.69, 9.17) is 10.5 Å². The highest BCUT2D eigenvalue weighted by molar-refractivity contribution is 5.74. The molecular weight excluding hydrogens is 228 g/mol. The molecule has 2 aromatic rings. The molecule has 5 nitrogen and oxygen atoms in total. The third-order valence-corrected chi connectivity index (χ3v) is 2.86. The number of nitrogens with two attached hydrogens (primary N) is 1. The Hall–Kier alpha value is -1.62. The molecule has 0 fully saturated rings. The molecule has 0 radical (unpaired) electrons. The summed E-state index contributed by atoms with van der Waals surface area (Å²) < 4.78 is 7.46. The van der Waals surface area contributed by atoms with E-state index in [-0.39, 0.29) is 0 Å². The van der Waals surface area contributed by atoms with Crippen LogP contribution in [0, 0.1) is 6.92 Å². The number of hydrogen-bond acceptors (Lipinski definition) is 4. The van der Waals surface area contributed by atoms with Crippen molar-refractivity contribution in [1.29, 1.82) is 0 Å². The first-order valence-corrected chi connectivity index (χ1v) is 6.39. The van der Waals surface area contributed by atoms with Crippen LogP contribution in [0.15, 0.2) is 12.1 Å². The van der Waals surface area contributed by atoms with Crippen LogP contribution in [-0.4, -0.2) is 27.7 Å². The van der Waals surface area contributed by atoms with Crippen LogP contribution in [0.1, 0.15) is 25.5 Å². The number of rotatable bonds is 6. The zero-order valence-electron chi connectivity index (χ0n) is 11.0. The summed E-state index contributed by atoms with van der Waals surface area (Å²) in [6.45, 7) is 6.26. The Bertz CT molecular complexity index is 521. The van der Waals surface area contributed by atoms with Gasteiger partial charge in [0.25, 0.3) is 0 Å². The molecule has 0 bridgehead atoms. The number of nitrogen functional groups attached to an aromatic ring is 1. The van der Waals surface area contributed by atoms with E-state index in [1.54, 1.807) is 0 Å². The summed E-state index contributed by atoms with van der Waals surface area (Å²) >= 11 is 0. The molecule has 0 aliphatic rings. The van der Waals surface area contributed by atoms with Crippen molar-refractivity contribution in [2.75, 3.05) is 18.9 Å². The molecule has 0 aliphatic carbocycles. The smallest absolute Gasteiger partial charge is 0.202 e. The van der Waals surface area contributed by atoms with Crippen molar-refractivity contribution < 1.29 is 4.74 Å². The average molecular weight is 248 g/mol. The normalized spacial score (nSPS) is 11.2. The zero-order chi connectivity index (χ0) is 13.0. The van der Waals surface area contributed by atoms with Crippen molar-refractivity contribution in [3.63, 3.8) is 0 Å². The number of imidazole rings is 1. The molecule has 2 heterocycles. The van der Waals surface area contributed by atoms with Crippen molar-refractivity contribution in [1.82, 2.24) is 14.5 Å². The van der Waals surface area contributed by atoms with Crippen molar-refractivity contribution in [2.24, 2.45) is 0 Å². The van der Waals surface area contributed by atoms with Gasteiger partial charge >= 0.3 is 0 Å².